The third-order valence-corrected chi connectivity index (χ3v) is 3.20. The fourth-order valence-corrected chi connectivity index (χ4v) is 1.84. The average Bonchev–Trinajstić information content (AvgIpc) is 2.77. The van der Waals surface area contributed by atoms with Gasteiger partial charge in [-0.15, -0.1) is 5.10 Å². The highest BCUT2D eigenvalue weighted by atomic mass is 35.7. The molecular formula is C9H7Cl2N3O3S. The van der Waals surface area contributed by atoms with E-state index in [4.69, 9.17) is 27.0 Å². The molecule has 0 saturated carbocycles. The maximum Gasteiger partial charge on any atom is 0.298 e. The first-order valence-corrected chi connectivity index (χ1v) is 7.38. The highest BCUT2D eigenvalue weighted by molar-refractivity contribution is 8.13. The molecule has 1 heterocycles. The minimum Gasteiger partial charge on any atom is -0.486 e. The first kappa shape index (κ1) is 13.1. The molecular weight excluding hydrogens is 301 g/mol. The third-order valence-electron chi connectivity index (χ3n) is 1.92. The summed E-state index contributed by atoms with van der Waals surface area (Å²) in [7, 11) is 1.15. The number of aromatic nitrogens is 3. The van der Waals surface area contributed by atoms with Crippen LogP contribution in [-0.2, 0) is 15.7 Å². The molecule has 0 saturated heterocycles. The van der Waals surface area contributed by atoms with Gasteiger partial charge < -0.3 is 4.74 Å². The number of nitrogens with one attached hydrogen (secondary N) is 1. The summed E-state index contributed by atoms with van der Waals surface area (Å²) in [4.78, 5) is 3.68. The fourth-order valence-electron chi connectivity index (χ4n) is 1.13. The molecule has 0 fully saturated rings. The molecule has 18 heavy (non-hydrogen) atoms. The maximum absolute atomic E-state index is 10.9. The van der Waals surface area contributed by atoms with Crippen LogP contribution in [-0.4, -0.2) is 23.6 Å². The van der Waals surface area contributed by atoms with Crippen molar-refractivity contribution in [3.05, 3.63) is 35.1 Å². The van der Waals surface area contributed by atoms with E-state index >= 15 is 0 Å². The zero-order chi connectivity index (χ0) is 13.2. The monoisotopic (exact) mass is 307 g/mol. The lowest BCUT2D eigenvalue weighted by molar-refractivity contribution is 0.296. The van der Waals surface area contributed by atoms with Crippen molar-refractivity contribution in [3.63, 3.8) is 0 Å². The van der Waals surface area contributed by atoms with Crippen LogP contribution in [0.25, 0.3) is 0 Å². The van der Waals surface area contributed by atoms with Crippen LogP contribution in [0.2, 0.25) is 5.02 Å². The van der Waals surface area contributed by atoms with Crippen molar-refractivity contribution in [3.8, 4) is 5.75 Å². The number of hydrogen-bond donors (Lipinski definition) is 1. The molecule has 1 aromatic heterocycles. The normalized spacial score (nSPS) is 11.4. The van der Waals surface area contributed by atoms with E-state index < -0.39 is 14.2 Å². The van der Waals surface area contributed by atoms with Gasteiger partial charge >= 0.3 is 0 Å². The lowest BCUT2D eigenvalue weighted by atomic mass is 10.3. The van der Waals surface area contributed by atoms with Crippen molar-refractivity contribution >= 4 is 31.3 Å². The molecule has 0 spiro atoms. The molecule has 0 atom stereocenters. The van der Waals surface area contributed by atoms with Crippen LogP contribution in [0.1, 0.15) is 5.82 Å². The highest BCUT2D eigenvalue weighted by Gasteiger charge is 2.16. The van der Waals surface area contributed by atoms with Crippen LogP contribution >= 0.6 is 22.3 Å². The summed E-state index contributed by atoms with van der Waals surface area (Å²) in [5.41, 5.74) is 0. The predicted octanol–water partition coefficient (Wildman–Crippen LogP) is 1.96. The first-order valence-electron chi connectivity index (χ1n) is 4.69. The van der Waals surface area contributed by atoms with Crippen LogP contribution in [0.5, 0.6) is 5.75 Å². The summed E-state index contributed by atoms with van der Waals surface area (Å²) >= 11 is 5.72. The quantitative estimate of drug-likeness (QED) is 0.873. The zero-order valence-electron chi connectivity index (χ0n) is 8.80. The molecule has 0 unspecified atom stereocenters. The molecule has 1 aromatic carbocycles. The lowest BCUT2D eigenvalue weighted by Crippen LogP contribution is -1.98. The highest BCUT2D eigenvalue weighted by Crippen LogP contribution is 2.16. The van der Waals surface area contributed by atoms with Gasteiger partial charge in [0.05, 0.1) is 0 Å². The summed E-state index contributed by atoms with van der Waals surface area (Å²) < 4.78 is 27.2. The van der Waals surface area contributed by atoms with Gasteiger partial charge in [-0.05, 0) is 24.3 Å². The van der Waals surface area contributed by atoms with Gasteiger partial charge in [-0.3, -0.25) is 5.10 Å². The molecule has 2 rings (SSSR count). The van der Waals surface area contributed by atoms with E-state index in [0.29, 0.717) is 10.8 Å². The number of H-pyrrole nitrogens is 1. The Morgan fingerprint density at radius 2 is 1.94 bits per heavy atom. The van der Waals surface area contributed by atoms with E-state index in [-0.39, 0.29) is 12.4 Å². The Kier molecular flexibility index (Phi) is 3.74. The topological polar surface area (TPSA) is 84.9 Å². The fraction of sp³-hybridized carbons (Fsp3) is 0.111. The van der Waals surface area contributed by atoms with E-state index in [1.54, 1.807) is 24.3 Å². The molecule has 0 radical (unpaired) electrons. The third kappa shape index (κ3) is 3.34. The Hall–Kier alpha value is -1.31. The van der Waals surface area contributed by atoms with E-state index in [9.17, 15) is 8.42 Å². The Morgan fingerprint density at radius 1 is 1.28 bits per heavy atom. The molecule has 96 valence electrons. The van der Waals surface area contributed by atoms with Crippen LogP contribution in [0.15, 0.2) is 29.4 Å². The van der Waals surface area contributed by atoms with Gasteiger partial charge in [0.15, 0.2) is 5.82 Å². The van der Waals surface area contributed by atoms with Crippen molar-refractivity contribution in [1.29, 1.82) is 0 Å². The molecule has 0 bridgehead atoms. The van der Waals surface area contributed by atoms with Crippen molar-refractivity contribution in [1.82, 2.24) is 15.2 Å². The molecule has 0 aliphatic rings. The SMILES string of the molecule is O=S(=O)(Cl)c1n[nH]c(COc2ccc(Cl)cc2)n1. The Morgan fingerprint density at radius 3 is 2.50 bits per heavy atom. The molecule has 0 aliphatic carbocycles. The second-order valence-electron chi connectivity index (χ2n) is 3.25. The summed E-state index contributed by atoms with van der Waals surface area (Å²) in [5.74, 6) is 0.829. The second-order valence-corrected chi connectivity index (χ2v) is 6.14. The van der Waals surface area contributed by atoms with Crippen molar-refractivity contribution in [2.75, 3.05) is 0 Å². The van der Waals surface area contributed by atoms with Gasteiger partial charge in [0.25, 0.3) is 14.2 Å². The van der Waals surface area contributed by atoms with Gasteiger partial charge in [-0.25, -0.2) is 8.42 Å². The predicted molar refractivity (Wildman–Crippen MR) is 65.2 cm³/mol. The molecule has 9 heteroatoms. The number of rotatable bonds is 4. The van der Waals surface area contributed by atoms with Crippen molar-refractivity contribution in [2.45, 2.75) is 11.8 Å². The van der Waals surface area contributed by atoms with E-state index in [1.165, 1.54) is 0 Å². The summed E-state index contributed by atoms with van der Waals surface area (Å²) in [6.45, 7) is 0.0427. The molecule has 2 aromatic rings. The summed E-state index contributed by atoms with van der Waals surface area (Å²) in [6.07, 6.45) is 0. The van der Waals surface area contributed by atoms with E-state index in [0.717, 1.165) is 0 Å². The first-order chi connectivity index (χ1) is 8.45. The maximum atomic E-state index is 10.9. The van der Waals surface area contributed by atoms with Crippen molar-refractivity contribution in [2.24, 2.45) is 0 Å². The molecule has 6 nitrogen and oxygen atoms in total. The standard InChI is InChI=1S/C9H7Cl2N3O3S/c10-6-1-3-7(4-2-6)17-5-8-12-9(14-13-8)18(11,15)16/h1-4H,5H2,(H,12,13,14). The lowest BCUT2D eigenvalue weighted by Gasteiger charge is -2.02. The minimum atomic E-state index is -3.92. The average molecular weight is 308 g/mol. The Balaban J connectivity index is 2.03. The summed E-state index contributed by atoms with van der Waals surface area (Å²) in [5, 5.41) is 6.00. The number of hydrogen-bond acceptors (Lipinski definition) is 5. The Labute approximate surface area is 112 Å². The van der Waals surface area contributed by atoms with Gasteiger partial charge in [0.2, 0.25) is 0 Å². The zero-order valence-corrected chi connectivity index (χ0v) is 11.1. The molecule has 0 amide bonds. The van der Waals surface area contributed by atoms with E-state index in [1.807, 2.05) is 0 Å². The van der Waals surface area contributed by atoms with Gasteiger partial charge in [-0.1, -0.05) is 11.6 Å². The van der Waals surface area contributed by atoms with Crippen molar-refractivity contribution < 1.29 is 13.2 Å². The molecule has 0 aliphatic heterocycles. The van der Waals surface area contributed by atoms with Crippen LogP contribution in [0.3, 0.4) is 0 Å². The second kappa shape index (κ2) is 5.13. The number of aromatic amines is 1. The van der Waals surface area contributed by atoms with Crippen LogP contribution < -0.4 is 4.74 Å². The van der Waals surface area contributed by atoms with Gasteiger partial charge in [0, 0.05) is 15.7 Å². The Bertz CT molecular complexity index is 639. The number of ether oxygens (including phenoxy) is 1. The number of halogens is 2. The van der Waals surface area contributed by atoms with E-state index in [2.05, 4.69) is 15.2 Å². The van der Waals surface area contributed by atoms with Gasteiger partial charge in [0.1, 0.15) is 12.4 Å². The van der Waals surface area contributed by atoms with Crippen LogP contribution in [0.4, 0.5) is 0 Å². The molecule has 1 N–H and O–H groups in total. The number of nitrogens with zero attached hydrogens (tertiary/aromatic N) is 2. The largest absolute Gasteiger partial charge is 0.486 e. The van der Waals surface area contributed by atoms with Gasteiger partial charge in [-0.2, -0.15) is 4.98 Å². The van der Waals surface area contributed by atoms with Crippen LogP contribution in [0, 0.1) is 0 Å². The minimum absolute atomic E-state index is 0.0427. The summed E-state index contributed by atoms with van der Waals surface area (Å²) in [6, 6.07) is 6.70. The number of benzene rings is 1. The smallest absolute Gasteiger partial charge is 0.298 e.